The van der Waals surface area contributed by atoms with E-state index in [1.807, 2.05) is 0 Å². The van der Waals surface area contributed by atoms with Gasteiger partial charge in [0.25, 0.3) is 0 Å². The molecule has 0 unspecified atom stereocenters. The molecule has 0 amide bonds. The van der Waals surface area contributed by atoms with Crippen LogP contribution in [0.3, 0.4) is 0 Å². The van der Waals surface area contributed by atoms with E-state index in [1.165, 1.54) is 35.6 Å². The van der Waals surface area contributed by atoms with Crippen LogP contribution in [-0.4, -0.2) is 8.07 Å². The molecule has 1 aromatic carbocycles. The lowest BCUT2D eigenvalue weighted by Gasteiger charge is -2.38. The smallest absolute Gasteiger partial charge is 0.0970 e. The maximum Gasteiger partial charge on any atom is 0.0970 e. The van der Waals surface area contributed by atoms with E-state index in [0.717, 1.165) is 19.3 Å². The lowest BCUT2D eigenvalue weighted by molar-refractivity contribution is 0.724. The van der Waals surface area contributed by atoms with Crippen LogP contribution in [0.25, 0.3) is 0 Å². The van der Waals surface area contributed by atoms with Crippen LogP contribution >= 0.6 is 0 Å². The zero-order valence-corrected chi connectivity index (χ0v) is 17.8. The molecule has 2 rings (SSSR count). The molecule has 0 saturated carbocycles. The van der Waals surface area contributed by atoms with E-state index in [1.54, 1.807) is 0 Å². The van der Waals surface area contributed by atoms with Crippen molar-refractivity contribution in [2.45, 2.75) is 77.4 Å². The zero-order valence-electron chi connectivity index (χ0n) is 16.8. The Kier molecular flexibility index (Phi) is 6.91. The largest absolute Gasteiger partial charge is 0.0986 e. The van der Waals surface area contributed by atoms with Gasteiger partial charge in [0, 0.05) is 6.42 Å². The molecule has 0 heterocycles. The van der Waals surface area contributed by atoms with Crippen molar-refractivity contribution < 1.29 is 0 Å². The molecule has 0 N–H and O–H groups in total. The molecular weight excluding hydrogens is 316 g/mol. The van der Waals surface area contributed by atoms with Crippen LogP contribution in [0.1, 0.15) is 58.4 Å². The predicted molar refractivity (Wildman–Crippen MR) is 114 cm³/mol. The molecule has 0 atom stereocenters. The highest BCUT2D eigenvalue weighted by Crippen LogP contribution is 2.42. The van der Waals surface area contributed by atoms with Crippen LogP contribution < -0.4 is 0 Å². The fourth-order valence-corrected chi connectivity index (χ4v) is 5.28. The minimum absolute atomic E-state index is 0.333. The van der Waals surface area contributed by atoms with Gasteiger partial charge in [0.15, 0.2) is 0 Å². The average Bonchev–Trinajstić information content (AvgIpc) is 2.58. The summed E-state index contributed by atoms with van der Waals surface area (Å²) in [4.78, 5) is 0. The summed E-state index contributed by atoms with van der Waals surface area (Å²) in [6.07, 6.45) is 11.7. The van der Waals surface area contributed by atoms with Gasteiger partial charge in [0.2, 0.25) is 0 Å². The Labute approximate surface area is 156 Å². The number of hydrogen-bond acceptors (Lipinski definition) is 0. The normalized spacial score (nSPS) is 17.0. The molecule has 0 fully saturated rings. The highest BCUT2D eigenvalue weighted by Gasteiger charge is 2.39. The molecule has 1 aliphatic rings. The molecular formula is C24H34Si. The number of unbranched alkanes of at least 4 members (excludes halogenated alkanes) is 1. The number of rotatable bonds is 4. The molecule has 1 heteroatoms. The monoisotopic (exact) mass is 350 g/mol. The fraction of sp³-hybridized carbons (Fsp3) is 0.500. The van der Waals surface area contributed by atoms with Crippen molar-refractivity contribution in [3.05, 3.63) is 58.8 Å². The van der Waals surface area contributed by atoms with Crippen molar-refractivity contribution in [3.8, 4) is 11.8 Å². The second kappa shape index (κ2) is 8.72. The molecule has 0 spiro atoms. The third-order valence-corrected chi connectivity index (χ3v) is 11.2. The lowest BCUT2D eigenvalue weighted by Crippen LogP contribution is -2.40. The minimum Gasteiger partial charge on any atom is -0.0986 e. The Bertz CT molecular complexity index is 672. The number of benzene rings is 1. The Morgan fingerprint density at radius 2 is 1.84 bits per heavy atom. The van der Waals surface area contributed by atoms with Gasteiger partial charge in [-0.2, -0.15) is 0 Å². The summed E-state index contributed by atoms with van der Waals surface area (Å²) in [5.74, 6) is 7.19. The van der Waals surface area contributed by atoms with E-state index in [9.17, 15) is 0 Å². The van der Waals surface area contributed by atoms with E-state index in [0.29, 0.717) is 5.04 Å². The molecule has 1 aromatic rings. The summed E-state index contributed by atoms with van der Waals surface area (Å²) in [7, 11) is -1.59. The van der Waals surface area contributed by atoms with Crippen LogP contribution in [0, 0.1) is 11.8 Å². The van der Waals surface area contributed by atoms with E-state index < -0.39 is 8.07 Å². The lowest BCUT2D eigenvalue weighted by atomic mass is 10.0. The van der Waals surface area contributed by atoms with E-state index in [-0.39, 0.29) is 0 Å². The van der Waals surface area contributed by atoms with Crippen molar-refractivity contribution in [1.29, 1.82) is 0 Å². The maximum atomic E-state index is 3.66. The molecule has 25 heavy (non-hydrogen) atoms. The van der Waals surface area contributed by atoms with Gasteiger partial charge in [-0.05, 0) is 53.5 Å². The number of aryl methyl sites for hydroxylation is 1. The topological polar surface area (TPSA) is 0 Å². The Morgan fingerprint density at radius 3 is 2.44 bits per heavy atom. The van der Waals surface area contributed by atoms with E-state index in [2.05, 4.69) is 88.2 Å². The molecule has 0 aliphatic heterocycles. The van der Waals surface area contributed by atoms with Crippen molar-refractivity contribution in [2.24, 2.45) is 0 Å². The Balaban J connectivity index is 2.13. The third-order valence-electron chi connectivity index (χ3n) is 5.78. The molecule has 0 nitrogen and oxygen atoms in total. The summed E-state index contributed by atoms with van der Waals surface area (Å²) < 4.78 is 0. The number of allylic oxidation sites excluding steroid dienone is 4. The summed E-state index contributed by atoms with van der Waals surface area (Å²) in [5.41, 5.74) is 2.94. The second-order valence-electron chi connectivity index (χ2n) is 8.71. The summed E-state index contributed by atoms with van der Waals surface area (Å²) in [6, 6.07) is 10.7. The van der Waals surface area contributed by atoms with Gasteiger partial charge >= 0.3 is 0 Å². The van der Waals surface area contributed by atoms with Crippen molar-refractivity contribution in [3.63, 3.8) is 0 Å². The quantitative estimate of drug-likeness (QED) is 0.309. The van der Waals surface area contributed by atoms with Crippen LogP contribution in [0.4, 0.5) is 0 Å². The second-order valence-corrected chi connectivity index (χ2v) is 14.0. The van der Waals surface area contributed by atoms with Gasteiger partial charge in [0.05, 0.1) is 8.07 Å². The molecule has 1 aliphatic carbocycles. The average molecular weight is 351 g/mol. The zero-order chi connectivity index (χ0) is 18.3. The SMILES string of the molecule is CC(C)(C)[Si](C)(C)/C(C#CCCCc1ccccc1)=C1/C=CCCC1. The minimum atomic E-state index is -1.59. The van der Waals surface area contributed by atoms with Gasteiger partial charge in [0.1, 0.15) is 0 Å². The first-order chi connectivity index (χ1) is 11.8. The van der Waals surface area contributed by atoms with Crippen LogP contribution in [0.2, 0.25) is 18.1 Å². The first-order valence-electron chi connectivity index (χ1n) is 9.75. The van der Waals surface area contributed by atoms with E-state index >= 15 is 0 Å². The van der Waals surface area contributed by atoms with Crippen LogP contribution in [0.5, 0.6) is 0 Å². The van der Waals surface area contributed by atoms with Crippen molar-refractivity contribution in [2.75, 3.05) is 0 Å². The first-order valence-corrected chi connectivity index (χ1v) is 12.8. The summed E-state index contributed by atoms with van der Waals surface area (Å²) >= 11 is 0. The predicted octanol–water partition coefficient (Wildman–Crippen LogP) is 7.10. The van der Waals surface area contributed by atoms with Crippen molar-refractivity contribution >= 4 is 8.07 Å². The van der Waals surface area contributed by atoms with Crippen LogP contribution in [0.15, 0.2) is 53.3 Å². The van der Waals surface area contributed by atoms with Gasteiger partial charge in [-0.1, -0.05) is 88.2 Å². The standard InChI is InChI=1S/C24H34Si/c1-24(2,3)25(4,5)23(22-18-12-8-13-19-22)20-14-7-11-17-21-15-9-6-10-16-21/h6,9-10,12,15-16,18H,7-8,11,13,17,19H2,1-5H3/b23-22-. The fourth-order valence-electron chi connectivity index (χ4n) is 3.12. The van der Waals surface area contributed by atoms with Crippen LogP contribution in [-0.2, 0) is 6.42 Å². The highest BCUT2D eigenvalue weighted by molar-refractivity contribution is 6.87. The van der Waals surface area contributed by atoms with E-state index in [4.69, 9.17) is 0 Å². The molecule has 0 saturated heterocycles. The highest BCUT2D eigenvalue weighted by atomic mass is 28.3. The van der Waals surface area contributed by atoms with Crippen molar-refractivity contribution in [1.82, 2.24) is 0 Å². The third kappa shape index (κ3) is 5.48. The molecule has 134 valence electrons. The Hall–Kier alpha value is -1.52. The van der Waals surface area contributed by atoms with Gasteiger partial charge in [-0.15, -0.1) is 0 Å². The summed E-state index contributed by atoms with van der Waals surface area (Å²) in [6.45, 7) is 12.2. The van der Waals surface area contributed by atoms with Gasteiger partial charge in [-0.25, -0.2) is 0 Å². The van der Waals surface area contributed by atoms with Gasteiger partial charge < -0.3 is 0 Å². The number of hydrogen-bond donors (Lipinski definition) is 0. The molecule has 0 bridgehead atoms. The Morgan fingerprint density at radius 1 is 1.12 bits per heavy atom. The molecule has 0 radical (unpaired) electrons. The molecule has 0 aromatic heterocycles. The maximum absolute atomic E-state index is 3.66. The van der Waals surface area contributed by atoms with Gasteiger partial charge in [-0.3, -0.25) is 0 Å². The first kappa shape index (κ1) is 19.8. The summed E-state index contributed by atoms with van der Waals surface area (Å²) in [5, 5.41) is 1.83.